The molecule has 0 bridgehead atoms. The van der Waals surface area contributed by atoms with Crippen molar-refractivity contribution in [2.24, 2.45) is 5.92 Å². The molecule has 8 heteroatoms. The normalized spacial score (nSPS) is 18.2. The van der Waals surface area contributed by atoms with Crippen molar-refractivity contribution in [3.63, 3.8) is 0 Å². The molecule has 1 atom stereocenters. The fourth-order valence-electron chi connectivity index (χ4n) is 2.49. The Bertz CT molecular complexity index is 590. The smallest absolute Gasteiger partial charge is 0.406 e. The second-order valence-electron chi connectivity index (χ2n) is 5.32. The van der Waals surface area contributed by atoms with E-state index >= 15 is 0 Å². The number of halogens is 3. The quantitative estimate of drug-likeness (QED) is 0.894. The molecule has 1 aliphatic heterocycles. The number of nitrogens with one attached hydrogen (secondary N) is 1. The highest BCUT2D eigenvalue weighted by molar-refractivity contribution is 5.89. The summed E-state index contributed by atoms with van der Waals surface area (Å²) in [5.41, 5.74) is 0.750. The average molecular weight is 330 g/mol. The SMILES string of the molecule is COc1ccccc1CNC(=O)[C@@H]1CC(=O)N(CC(F)(F)F)C1. The first-order valence-corrected chi connectivity index (χ1v) is 7.04. The van der Waals surface area contributed by atoms with Crippen molar-refractivity contribution in [2.45, 2.75) is 19.1 Å². The van der Waals surface area contributed by atoms with E-state index in [1.165, 1.54) is 7.11 Å². The highest BCUT2D eigenvalue weighted by Gasteiger charge is 2.40. The number of carbonyl (C=O) groups excluding carboxylic acids is 2. The predicted molar refractivity (Wildman–Crippen MR) is 75.6 cm³/mol. The molecule has 1 aromatic rings. The number of ether oxygens (including phenoxy) is 1. The zero-order valence-electron chi connectivity index (χ0n) is 12.5. The lowest BCUT2D eigenvalue weighted by Crippen LogP contribution is -2.37. The molecule has 2 rings (SSSR count). The van der Waals surface area contributed by atoms with Crippen molar-refractivity contribution in [2.75, 3.05) is 20.2 Å². The molecular formula is C15H17F3N2O3. The summed E-state index contributed by atoms with van der Waals surface area (Å²) in [5.74, 6) is -1.25. The minimum Gasteiger partial charge on any atom is -0.496 e. The zero-order valence-corrected chi connectivity index (χ0v) is 12.5. The van der Waals surface area contributed by atoms with Gasteiger partial charge in [0.05, 0.1) is 13.0 Å². The van der Waals surface area contributed by atoms with Gasteiger partial charge in [-0.3, -0.25) is 9.59 Å². The lowest BCUT2D eigenvalue weighted by Gasteiger charge is -2.18. The van der Waals surface area contributed by atoms with Gasteiger partial charge in [-0.05, 0) is 6.07 Å². The first kappa shape index (κ1) is 17.1. The lowest BCUT2D eigenvalue weighted by molar-refractivity contribution is -0.157. The topological polar surface area (TPSA) is 58.6 Å². The van der Waals surface area contributed by atoms with E-state index in [0.29, 0.717) is 10.6 Å². The van der Waals surface area contributed by atoms with Gasteiger partial charge in [0, 0.05) is 25.1 Å². The Labute approximate surface area is 131 Å². The fourth-order valence-corrected chi connectivity index (χ4v) is 2.49. The first-order chi connectivity index (χ1) is 10.8. The molecule has 0 aliphatic carbocycles. The molecule has 0 spiro atoms. The molecule has 126 valence electrons. The summed E-state index contributed by atoms with van der Waals surface area (Å²) in [5, 5.41) is 2.64. The van der Waals surface area contributed by atoms with Gasteiger partial charge in [0.15, 0.2) is 0 Å². The molecule has 1 saturated heterocycles. The van der Waals surface area contributed by atoms with Crippen LogP contribution in [0, 0.1) is 5.92 Å². The maximum atomic E-state index is 12.4. The molecule has 0 unspecified atom stereocenters. The van der Waals surface area contributed by atoms with E-state index < -0.39 is 30.5 Å². The predicted octanol–water partition coefficient (Wildman–Crippen LogP) is 1.72. The van der Waals surface area contributed by atoms with Crippen LogP contribution in [0.4, 0.5) is 13.2 Å². The third-order valence-corrected chi connectivity index (χ3v) is 3.60. The standard InChI is InChI=1S/C15H17F3N2O3/c1-23-12-5-3-2-4-10(12)7-19-14(22)11-6-13(21)20(8-11)9-15(16,17)18/h2-5,11H,6-9H2,1H3,(H,19,22)/t11-/m1/s1. The van der Waals surface area contributed by atoms with Gasteiger partial charge >= 0.3 is 6.18 Å². The number of likely N-dealkylation sites (tertiary alicyclic amines) is 1. The molecule has 1 aromatic carbocycles. The van der Waals surface area contributed by atoms with Crippen LogP contribution in [0.5, 0.6) is 5.75 Å². The van der Waals surface area contributed by atoms with E-state index in [0.717, 1.165) is 5.56 Å². The van der Waals surface area contributed by atoms with Crippen molar-refractivity contribution in [1.29, 1.82) is 0 Å². The number of nitrogens with zero attached hydrogens (tertiary/aromatic N) is 1. The third kappa shape index (κ3) is 4.61. The molecule has 1 fully saturated rings. The number of para-hydroxylation sites is 1. The van der Waals surface area contributed by atoms with E-state index in [2.05, 4.69) is 5.32 Å². The monoisotopic (exact) mass is 330 g/mol. The Hall–Kier alpha value is -2.25. The molecule has 0 aromatic heterocycles. The molecule has 5 nitrogen and oxygen atoms in total. The molecule has 23 heavy (non-hydrogen) atoms. The van der Waals surface area contributed by atoms with Crippen LogP contribution < -0.4 is 10.1 Å². The summed E-state index contributed by atoms with van der Waals surface area (Å²) < 4.78 is 42.2. The van der Waals surface area contributed by atoms with Gasteiger partial charge in [-0.1, -0.05) is 18.2 Å². The van der Waals surface area contributed by atoms with Gasteiger partial charge in [-0.25, -0.2) is 0 Å². The second-order valence-corrected chi connectivity index (χ2v) is 5.32. The Kier molecular flexibility index (Phi) is 5.12. The fraction of sp³-hybridized carbons (Fsp3) is 0.467. The van der Waals surface area contributed by atoms with Crippen LogP contribution in [0.15, 0.2) is 24.3 Å². The summed E-state index contributed by atoms with van der Waals surface area (Å²) in [4.78, 5) is 24.3. The molecular weight excluding hydrogens is 313 g/mol. The van der Waals surface area contributed by atoms with Crippen molar-refractivity contribution in [1.82, 2.24) is 10.2 Å². The largest absolute Gasteiger partial charge is 0.496 e. The van der Waals surface area contributed by atoms with Crippen LogP contribution in [-0.4, -0.2) is 43.1 Å². The molecule has 1 aliphatic rings. The first-order valence-electron chi connectivity index (χ1n) is 7.04. The number of carbonyl (C=O) groups is 2. The number of amides is 2. The van der Waals surface area contributed by atoms with Gasteiger partial charge in [-0.15, -0.1) is 0 Å². The van der Waals surface area contributed by atoms with Gasteiger partial charge in [0.25, 0.3) is 0 Å². The van der Waals surface area contributed by atoms with E-state index in [1.54, 1.807) is 24.3 Å². The third-order valence-electron chi connectivity index (χ3n) is 3.60. The van der Waals surface area contributed by atoms with E-state index in [1.807, 2.05) is 0 Å². The van der Waals surface area contributed by atoms with Crippen LogP contribution in [0.3, 0.4) is 0 Å². The van der Waals surface area contributed by atoms with Crippen LogP contribution in [0.1, 0.15) is 12.0 Å². The maximum absolute atomic E-state index is 12.4. The lowest BCUT2D eigenvalue weighted by atomic mass is 10.1. The zero-order chi connectivity index (χ0) is 17.0. The van der Waals surface area contributed by atoms with Crippen LogP contribution in [0.25, 0.3) is 0 Å². The Morgan fingerprint density at radius 1 is 1.39 bits per heavy atom. The number of hydrogen-bond donors (Lipinski definition) is 1. The van der Waals surface area contributed by atoms with Crippen molar-refractivity contribution < 1.29 is 27.5 Å². The van der Waals surface area contributed by atoms with Crippen molar-refractivity contribution >= 4 is 11.8 Å². The number of rotatable bonds is 5. The van der Waals surface area contributed by atoms with Gasteiger partial charge in [-0.2, -0.15) is 13.2 Å². The minimum absolute atomic E-state index is 0.187. The van der Waals surface area contributed by atoms with E-state index in [4.69, 9.17) is 4.74 Å². The van der Waals surface area contributed by atoms with Crippen molar-refractivity contribution in [3.05, 3.63) is 29.8 Å². The van der Waals surface area contributed by atoms with Crippen LogP contribution in [0.2, 0.25) is 0 Å². The number of methoxy groups -OCH3 is 1. The second kappa shape index (κ2) is 6.89. The Balaban J connectivity index is 1.91. The van der Waals surface area contributed by atoms with Gasteiger partial charge in [0.1, 0.15) is 12.3 Å². The van der Waals surface area contributed by atoms with Crippen molar-refractivity contribution in [3.8, 4) is 5.75 Å². The molecule has 2 amide bonds. The highest BCUT2D eigenvalue weighted by atomic mass is 19.4. The van der Waals surface area contributed by atoms with Crippen LogP contribution >= 0.6 is 0 Å². The molecule has 0 saturated carbocycles. The van der Waals surface area contributed by atoms with Gasteiger partial charge < -0.3 is 15.0 Å². The Morgan fingerprint density at radius 2 is 2.09 bits per heavy atom. The van der Waals surface area contributed by atoms with E-state index in [-0.39, 0.29) is 19.5 Å². The molecule has 1 heterocycles. The highest BCUT2D eigenvalue weighted by Crippen LogP contribution is 2.24. The maximum Gasteiger partial charge on any atom is 0.406 e. The molecule has 1 N–H and O–H groups in total. The number of benzene rings is 1. The van der Waals surface area contributed by atoms with Crippen LogP contribution in [-0.2, 0) is 16.1 Å². The summed E-state index contributed by atoms with van der Waals surface area (Å²) in [6.45, 7) is -1.34. The summed E-state index contributed by atoms with van der Waals surface area (Å²) in [6.07, 6.45) is -4.66. The van der Waals surface area contributed by atoms with E-state index in [9.17, 15) is 22.8 Å². The number of hydrogen-bond acceptors (Lipinski definition) is 3. The summed E-state index contributed by atoms with van der Waals surface area (Å²) in [6, 6.07) is 7.09. The average Bonchev–Trinajstić information content (AvgIpc) is 2.84. The summed E-state index contributed by atoms with van der Waals surface area (Å²) >= 11 is 0. The molecule has 0 radical (unpaired) electrons. The number of alkyl halides is 3. The summed E-state index contributed by atoms with van der Waals surface area (Å²) in [7, 11) is 1.51. The Morgan fingerprint density at radius 3 is 2.74 bits per heavy atom. The minimum atomic E-state index is -4.46. The van der Waals surface area contributed by atoms with Gasteiger partial charge in [0.2, 0.25) is 11.8 Å².